The largest absolute Gasteiger partial charge is 0.471 e. The number of halogens is 3. The van der Waals surface area contributed by atoms with Crippen LogP contribution in [-0.2, 0) is 19.4 Å². The van der Waals surface area contributed by atoms with Crippen molar-refractivity contribution in [1.29, 1.82) is 0 Å². The Bertz CT molecular complexity index is 1180. The lowest BCUT2D eigenvalue weighted by atomic mass is 9.90. The van der Waals surface area contributed by atoms with Crippen molar-refractivity contribution in [1.82, 2.24) is 0 Å². The first-order valence-corrected chi connectivity index (χ1v) is 10.3. The molecule has 0 unspecified atom stereocenters. The molecule has 0 atom stereocenters. The molecular formula is C21H16BrClFNO3. The van der Waals surface area contributed by atoms with Crippen molar-refractivity contribution >= 4 is 44.2 Å². The van der Waals surface area contributed by atoms with Gasteiger partial charge in [-0.3, -0.25) is 0 Å². The van der Waals surface area contributed by atoms with Crippen LogP contribution in [0.15, 0.2) is 37.9 Å². The number of benzene rings is 2. The lowest BCUT2D eigenvalue weighted by molar-refractivity contribution is 0.287. The highest BCUT2D eigenvalue weighted by Gasteiger charge is 2.28. The van der Waals surface area contributed by atoms with Gasteiger partial charge in [0.1, 0.15) is 17.1 Å². The fourth-order valence-corrected chi connectivity index (χ4v) is 4.77. The minimum atomic E-state index is -0.355. The molecule has 1 aliphatic carbocycles. The molecular weight excluding hydrogens is 449 g/mol. The standard InChI is InChI=1S/C21H16BrClFNO3/c22-11-5-6-18(17(24)7-11)25-9-15-19-14(8-16(23)20(15)27-10-25)12-3-1-2-4-13(12)21(26)28-19/h5-8H,1-4,9-10H2. The first-order valence-electron chi connectivity index (χ1n) is 9.15. The lowest BCUT2D eigenvalue weighted by Crippen LogP contribution is -2.33. The molecule has 4 nitrogen and oxygen atoms in total. The molecule has 144 valence electrons. The van der Waals surface area contributed by atoms with Crippen molar-refractivity contribution in [3.8, 4) is 5.75 Å². The van der Waals surface area contributed by atoms with Crippen LogP contribution >= 0.6 is 27.5 Å². The Morgan fingerprint density at radius 2 is 1.89 bits per heavy atom. The number of fused-ring (bicyclic) bond motifs is 5. The molecule has 0 saturated carbocycles. The number of ether oxygens (including phenoxy) is 1. The van der Waals surface area contributed by atoms with Crippen LogP contribution in [0.5, 0.6) is 5.75 Å². The van der Waals surface area contributed by atoms with Gasteiger partial charge >= 0.3 is 5.63 Å². The van der Waals surface area contributed by atoms with Crippen LogP contribution in [0, 0.1) is 5.82 Å². The van der Waals surface area contributed by atoms with Crippen LogP contribution in [0.25, 0.3) is 11.0 Å². The van der Waals surface area contributed by atoms with Crippen molar-refractivity contribution in [2.24, 2.45) is 0 Å². The number of hydrogen-bond donors (Lipinski definition) is 0. The third-order valence-corrected chi connectivity index (χ3v) is 6.25. The van der Waals surface area contributed by atoms with Gasteiger partial charge in [-0.25, -0.2) is 9.18 Å². The average molecular weight is 465 g/mol. The fourth-order valence-electron chi connectivity index (χ4n) is 4.16. The van der Waals surface area contributed by atoms with Gasteiger partial charge in [0.05, 0.1) is 22.8 Å². The summed E-state index contributed by atoms with van der Waals surface area (Å²) in [6, 6.07) is 6.72. The molecule has 7 heteroatoms. The molecule has 0 amide bonds. The monoisotopic (exact) mass is 463 g/mol. The van der Waals surface area contributed by atoms with Gasteiger partial charge < -0.3 is 14.1 Å². The van der Waals surface area contributed by atoms with Crippen LogP contribution in [-0.4, -0.2) is 6.73 Å². The van der Waals surface area contributed by atoms with E-state index in [2.05, 4.69) is 15.9 Å². The molecule has 1 aromatic heterocycles. The molecule has 0 spiro atoms. The lowest BCUT2D eigenvalue weighted by Gasteiger charge is -2.32. The summed E-state index contributed by atoms with van der Waals surface area (Å²) in [4.78, 5) is 14.3. The van der Waals surface area contributed by atoms with E-state index in [1.807, 2.05) is 6.07 Å². The van der Waals surface area contributed by atoms with Crippen molar-refractivity contribution in [2.45, 2.75) is 32.2 Å². The SMILES string of the molecule is O=c1oc2c3c(c(Cl)cc2c2c1CCCC2)OCN(c1ccc(Br)cc1F)C3. The van der Waals surface area contributed by atoms with Crippen LogP contribution in [0.3, 0.4) is 0 Å². The molecule has 0 N–H and O–H groups in total. The molecule has 2 aliphatic rings. The second-order valence-corrected chi connectivity index (χ2v) is 8.49. The summed E-state index contributed by atoms with van der Waals surface area (Å²) < 4.78 is 26.7. The first kappa shape index (κ1) is 18.0. The highest BCUT2D eigenvalue weighted by molar-refractivity contribution is 9.10. The normalized spacial score (nSPS) is 15.9. The van der Waals surface area contributed by atoms with Gasteiger partial charge in [0, 0.05) is 15.4 Å². The maximum absolute atomic E-state index is 14.5. The predicted octanol–water partition coefficient (Wildman–Crippen LogP) is 5.58. The molecule has 2 heterocycles. The van der Waals surface area contributed by atoms with Crippen LogP contribution in [0.1, 0.15) is 29.5 Å². The van der Waals surface area contributed by atoms with E-state index in [1.54, 1.807) is 17.0 Å². The van der Waals surface area contributed by atoms with Gasteiger partial charge in [0.2, 0.25) is 0 Å². The van der Waals surface area contributed by atoms with Gasteiger partial charge in [0.15, 0.2) is 6.73 Å². The van der Waals surface area contributed by atoms with Gasteiger partial charge in [0.25, 0.3) is 0 Å². The van der Waals surface area contributed by atoms with E-state index in [1.165, 1.54) is 6.07 Å². The van der Waals surface area contributed by atoms with E-state index < -0.39 is 0 Å². The summed E-state index contributed by atoms with van der Waals surface area (Å²) >= 11 is 9.78. The third-order valence-electron chi connectivity index (χ3n) is 5.48. The van der Waals surface area contributed by atoms with Crippen LogP contribution in [0.4, 0.5) is 10.1 Å². The molecule has 1 aliphatic heterocycles. The summed E-state index contributed by atoms with van der Waals surface area (Å²) in [7, 11) is 0. The van der Waals surface area contributed by atoms with Crippen LogP contribution in [0.2, 0.25) is 5.02 Å². The Balaban J connectivity index is 1.69. The predicted molar refractivity (Wildman–Crippen MR) is 110 cm³/mol. The number of aryl methyl sites for hydroxylation is 1. The molecule has 5 rings (SSSR count). The summed E-state index contributed by atoms with van der Waals surface area (Å²) in [6.45, 7) is 0.499. The van der Waals surface area contributed by atoms with Gasteiger partial charge in [-0.05, 0) is 55.5 Å². The van der Waals surface area contributed by atoms with E-state index in [0.717, 1.165) is 42.2 Å². The molecule has 28 heavy (non-hydrogen) atoms. The van der Waals surface area contributed by atoms with E-state index in [4.69, 9.17) is 20.8 Å². The third kappa shape index (κ3) is 2.81. The Morgan fingerprint density at radius 3 is 2.68 bits per heavy atom. The van der Waals surface area contributed by atoms with E-state index >= 15 is 0 Å². The maximum Gasteiger partial charge on any atom is 0.339 e. The van der Waals surface area contributed by atoms with Crippen molar-refractivity contribution in [3.05, 3.63) is 66.7 Å². The Hall–Kier alpha value is -2.05. The van der Waals surface area contributed by atoms with Crippen LogP contribution < -0.4 is 15.3 Å². The number of hydrogen-bond acceptors (Lipinski definition) is 4. The number of nitrogens with zero attached hydrogens (tertiary/aromatic N) is 1. The van der Waals surface area contributed by atoms with Crippen molar-refractivity contribution in [3.63, 3.8) is 0 Å². The highest BCUT2D eigenvalue weighted by atomic mass is 79.9. The Morgan fingerprint density at radius 1 is 1.11 bits per heavy atom. The fraction of sp³-hybridized carbons (Fsp3) is 0.286. The summed E-state index contributed by atoms with van der Waals surface area (Å²) in [5.41, 5.74) is 3.08. The molecule has 0 radical (unpaired) electrons. The van der Waals surface area contributed by atoms with Gasteiger partial charge in [-0.1, -0.05) is 27.5 Å². The van der Waals surface area contributed by atoms with Crippen molar-refractivity contribution in [2.75, 3.05) is 11.6 Å². The second kappa shape index (κ2) is 6.78. The van der Waals surface area contributed by atoms with Gasteiger partial charge in [-0.15, -0.1) is 0 Å². The minimum absolute atomic E-state index is 0.159. The zero-order chi connectivity index (χ0) is 19.4. The second-order valence-electron chi connectivity index (χ2n) is 7.16. The summed E-state index contributed by atoms with van der Waals surface area (Å²) in [6.07, 6.45) is 3.59. The average Bonchev–Trinajstić information content (AvgIpc) is 2.69. The van der Waals surface area contributed by atoms with Gasteiger partial charge in [-0.2, -0.15) is 0 Å². The smallest absolute Gasteiger partial charge is 0.339 e. The first-order chi connectivity index (χ1) is 13.5. The highest BCUT2D eigenvalue weighted by Crippen LogP contribution is 2.42. The minimum Gasteiger partial charge on any atom is -0.471 e. The van der Waals surface area contributed by atoms with E-state index in [9.17, 15) is 9.18 Å². The summed E-state index contributed by atoms with van der Waals surface area (Å²) in [5.74, 6) is 0.147. The Kier molecular flexibility index (Phi) is 4.36. The van der Waals surface area contributed by atoms with E-state index in [0.29, 0.717) is 38.6 Å². The molecule has 2 aromatic carbocycles. The molecule has 0 bridgehead atoms. The zero-order valence-corrected chi connectivity index (χ0v) is 17.2. The summed E-state index contributed by atoms with van der Waals surface area (Å²) in [5, 5.41) is 1.35. The van der Waals surface area contributed by atoms with Crippen molar-refractivity contribution < 1.29 is 13.5 Å². The topological polar surface area (TPSA) is 42.7 Å². The number of rotatable bonds is 1. The Labute approximate surface area is 174 Å². The molecule has 0 saturated heterocycles. The molecule has 3 aromatic rings. The maximum atomic E-state index is 14.5. The quantitative estimate of drug-likeness (QED) is 0.441. The molecule has 0 fully saturated rings. The van der Waals surface area contributed by atoms with E-state index in [-0.39, 0.29) is 18.2 Å². The number of anilines is 1. The zero-order valence-electron chi connectivity index (χ0n) is 14.9.